The fourth-order valence-corrected chi connectivity index (χ4v) is 5.12. The third-order valence-corrected chi connectivity index (χ3v) is 5.89. The zero-order chi connectivity index (χ0) is 18.3. The van der Waals surface area contributed by atoms with Crippen LogP contribution in [0, 0.1) is 0 Å². The number of benzene rings is 1. The van der Waals surface area contributed by atoms with Crippen molar-refractivity contribution in [2.24, 2.45) is 5.73 Å². The summed E-state index contributed by atoms with van der Waals surface area (Å²) in [5.74, 6) is -0.442. The molecule has 1 saturated carbocycles. The topological polar surface area (TPSA) is 98.5 Å². The summed E-state index contributed by atoms with van der Waals surface area (Å²) >= 11 is 5.89. The minimum absolute atomic E-state index is 0.0166. The first-order valence-electron chi connectivity index (χ1n) is 7.56. The second-order valence-corrected chi connectivity index (χ2v) is 9.75. The molecule has 6 nitrogen and oxygen atoms in total. The third kappa shape index (κ3) is 3.84. The molecule has 3 atom stereocenters. The van der Waals surface area contributed by atoms with Crippen LogP contribution in [0.4, 0.5) is 4.79 Å². The van der Waals surface area contributed by atoms with E-state index in [9.17, 15) is 13.2 Å². The Bertz CT molecular complexity index is 727. The fourth-order valence-electron chi connectivity index (χ4n) is 3.11. The largest absolute Gasteiger partial charge is 0.444 e. The van der Waals surface area contributed by atoms with Crippen LogP contribution in [0.1, 0.15) is 32.3 Å². The number of hydrogen-bond donors (Lipinski definition) is 2. The van der Waals surface area contributed by atoms with Gasteiger partial charge in [0.25, 0.3) is 0 Å². The van der Waals surface area contributed by atoms with Crippen molar-refractivity contribution in [1.82, 2.24) is 5.32 Å². The first-order chi connectivity index (χ1) is 10.9. The molecular formula is C16H23ClN2O4S. The highest BCUT2D eigenvalue weighted by atomic mass is 35.5. The van der Waals surface area contributed by atoms with E-state index >= 15 is 0 Å². The predicted octanol–water partition coefficient (Wildman–Crippen LogP) is 2.07. The zero-order valence-electron chi connectivity index (χ0n) is 14.2. The molecule has 1 aromatic rings. The molecule has 0 aromatic heterocycles. The average molecular weight is 375 g/mol. The Balaban J connectivity index is 2.34. The number of halogens is 1. The maximum atomic E-state index is 12.2. The third-order valence-electron chi connectivity index (χ3n) is 4.02. The highest BCUT2D eigenvalue weighted by Gasteiger charge is 2.70. The molecule has 2 rings (SSSR count). The van der Waals surface area contributed by atoms with Gasteiger partial charge in [-0.05, 0) is 38.5 Å². The summed E-state index contributed by atoms with van der Waals surface area (Å²) in [5, 5.41) is 2.44. The first kappa shape index (κ1) is 19.0. The van der Waals surface area contributed by atoms with E-state index in [0.29, 0.717) is 5.02 Å². The van der Waals surface area contributed by atoms with Crippen LogP contribution >= 0.6 is 11.6 Å². The highest BCUT2D eigenvalue weighted by molar-refractivity contribution is 7.91. The minimum Gasteiger partial charge on any atom is -0.444 e. The quantitative estimate of drug-likeness (QED) is 0.840. The van der Waals surface area contributed by atoms with E-state index in [2.05, 4.69) is 5.32 Å². The van der Waals surface area contributed by atoms with Gasteiger partial charge in [-0.25, -0.2) is 13.2 Å². The first-order valence-corrected chi connectivity index (χ1v) is 9.89. The molecule has 1 fully saturated rings. The summed E-state index contributed by atoms with van der Waals surface area (Å²) in [4.78, 5) is 12.2. The summed E-state index contributed by atoms with van der Waals surface area (Å²) in [6, 6.07) is 6.87. The van der Waals surface area contributed by atoms with Crippen LogP contribution in [0.3, 0.4) is 0 Å². The van der Waals surface area contributed by atoms with Crippen LogP contribution in [0.15, 0.2) is 24.3 Å². The van der Waals surface area contributed by atoms with Gasteiger partial charge in [-0.3, -0.25) is 0 Å². The van der Waals surface area contributed by atoms with Crippen LogP contribution in [0.2, 0.25) is 5.02 Å². The van der Waals surface area contributed by atoms with Crippen LogP contribution in [-0.4, -0.2) is 43.7 Å². The number of nitrogens with one attached hydrogen (secondary N) is 1. The Kier molecular flexibility index (Phi) is 4.92. The van der Waals surface area contributed by atoms with E-state index in [0.717, 1.165) is 11.8 Å². The molecule has 134 valence electrons. The van der Waals surface area contributed by atoms with E-state index < -0.39 is 38.2 Å². The molecule has 1 aliphatic rings. The average Bonchev–Trinajstić information content (AvgIpc) is 3.06. The smallest absolute Gasteiger partial charge is 0.408 e. The van der Waals surface area contributed by atoms with Crippen molar-refractivity contribution in [2.75, 3.05) is 12.8 Å². The van der Waals surface area contributed by atoms with E-state index in [-0.39, 0.29) is 6.54 Å². The Labute approximate surface area is 147 Å². The molecule has 0 aliphatic heterocycles. The number of carbonyl (C=O) groups is 1. The summed E-state index contributed by atoms with van der Waals surface area (Å²) in [6.45, 7) is 5.19. The minimum atomic E-state index is -3.43. The molecule has 0 spiro atoms. The van der Waals surface area contributed by atoms with Gasteiger partial charge in [0.15, 0.2) is 9.84 Å². The number of alkyl carbamates (subject to hydrolysis) is 1. The Hall–Kier alpha value is -1.31. The molecule has 0 unspecified atom stereocenters. The molecule has 0 radical (unpaired) electrons. The van der Waals surface area contributed by atoms with Gasteiger partial charge in [-0.15, -0.1) is 0 Å². The molecular weight excluding hydrogens is 352 g/mol. The van der Waals surface area contributed by atoms with Crippen molar-refractivity contribution in [3.8, 4) is 0 Å². The van der Waals surface area contributed by atoms with Gasteiger partial charge in [0.05, 0.1) is 10.8 Å². The monoisotopic (exact) mass is 374 g/mol. The normalized spacial score (nSPS) is 26.8. The molecule has 0 bridgehead atoms. The summed E-state index contributed by atoms with van der Waals surface area (Å²) in [7, 11) is -3.43. The number of hydrogen-bond acceptors (Lipinski definition) is 5. The van der Waals surface area contributed by atoms with Gasteiger partial charge in [0, 0.05) is 23.7 Å². The number of nitrogens with two attached hydrogens (primary N) is 1. The molecule has 24 heavy (non-hydrogen) atoms. The molecule has 1 aromatic carbocycles. The molecule has 1 aliphatic carbocycles. The van der Waals surface area contributed by atoms with Crippen LogP contribution < -0.4 is 11.1 Å². The zero-order valence-corrected chi connectivity index (χ0v) is 15.7. The Morgan fingerprint density at radius 2 is 1.88 bits per heavy atom. The van der Waals surface area contributed by atoms with Gasteiger partial charge < -0.3 is 15.8 Å². The van der Waals surface area contributed by atoms with Crippen LogP contribution in [-0.2, 0) is 14.6 Å². The van der Waals surface area contributed by atoms with E-state index in [1.54, 1.807) is 45.0 Å². The number of rotatable bonds is 4. The van der Waals surface area contributed by atoms with Crippen molar-refractivity contribution in [1.29, 1.82) is 0 Å². The van der Waals surface area contributed by atoms with Crippen molar-refractivity contribution >= 4 is 27.5 Å². The summed E-state index contributed by atoms with van der Waals surface area (Å²) in [5.41, 5.74) is 4.86. The van der Waals surface area contributed by atoms with Gasteiger partial charge in [0.1, 0.15) is 5.60 Å². The summed E-state index contributed by atoms with van der Waals surface area (Å²) in [6.07, 6.45) is 0.465. The lowest BCUT2D eigenvalue weighted by Crippen LogP contribution is -2.48. The lowest BCUT2D eigenvalue weighted by Gasteiger charge is -2.24. The lowest BCUT2D eigenvalue weighted by molar-refractivity contribution is 0.0497. The molecule has 8 heteroatoms. The SMILES string of the molecule is CC(C)(C)OC(=O)N[C@]1(CN)[C@@H](c2ccc(Cl)cc2)[C@@H]1S(C)(=O)=O. The molecule has 0 heterocycles. The van der Waals surface area contributed by atoms with E-state index in [1.807, 2.05) is 0 Å². The lowest BCUT2D eigenvalue weighted by atomic mass is 10.1. The Morgan fingerprint density at radius 1 is 1.33 bits per heavy atom. The molecule has 1 amide bonds. The highest BCUT2D eigenvalue weighted by Crippen LogP contribution is 2.55. The van der Waals surface area contributed by atoms with E-state index in [1.165, 1.54) is 0 Å². The van der Waals surface area contributed by atoms with Crippen LogP contribution in [0.25, 0.3) is 0 Å². The standard InChI is InChI=1S/C16H23ClN2O4S/c1-15(2,3)23-14(20)19-16(9-18)12(13(16)24(4,21)22)10-5-7-11(17)8-6-10/h5-8,12-13H,9,18H2,1-4H3,(H,19,20)/t12-,13-,16+/m0/s1. The molecule has 3 N–H and O–H groups in total. The van der Waals surface area contributed by atoms with Crippen molar-refractivity contribution in [2.45, 2.75) is 43.1 Å². The maximum absolute atomic E-state index is 12.2. The summed E-state index contributed by atoms with van der Waals surface area (Å²) < 4.78 is 29.7. The molecule has 0 saturated heterocycles. The second-order valence-electron chi connectivity index (χ2n) is 7.15. The van der Waals surface area contributed by atoms with Gasteiger partial charge >= 0.3 is 6.09 Å². The van der Waals surface area contributed by atoms with Crippen molar-refractivity contribution < 1.29 is 17.9 Å². The van der Waals surface area contributed by atoms with Gasteiger partial charge in [-0.2, -0.15) is 0 Å². The van der Waals surface area contributed by atoms with Crippen molar-refractivity contribution in [3.63, 3.8) is 0 Å². The number of amides is 1. The number of ether oxygens (including phenoxy) is 1. The number of sulfone groups is 1. The van der Waals surface area contributed by atoms with Crippen molar-refractivity contribution in [3.05, 3.63) is 34.9 Å². The number of carbonyl (C=O) groups excluding carboxylic acids is 1. The predicted molar refractivity (Wildman–Crippen MR) is 94.0 cm³/mol. The van der Waals surface area contributed by atoms with Gasteiger partial charge in [-0.1, -0.05) is 23.7 Å². The van der Waals surface area contributed by atoms with Gasteiger partial charge in [0.2, 0.25) is 0 Å². The van der Waals surface area contributed by atoms with E-state index in [4.69, 9.17) is 22.1 Å². The Morgan fingerprint density at radius 3 is 2.29 bits per heavy atom. The van der Waals surface area contributed by atoms with Crippen LogP contribution in [0.5, 0.6) is 0 Å². The fraction of sp³-hybridized carbons (Fsp3) is 0.562. The second kappa shape index (κ2) is 6.20. The maximum Gasteiger partial charge on any atom is 0.408 e.